The third kappa shape index (κ3) is 3.10. The Bertz CT molecular complexity index is 1070. The normalized spacial score (nSPS) is 19.4. The first-order valence-corrected chi connectivity index (χ1v) is 9.68. The van der Waals surface area contributed by atoms with Crippen molar-refractivity contribution in [3.8, 4) is 0 Å². The van der Waals surface area contributed by atoms with E-state index in [1.165, 1.54) is 4.90 Å². The standard InChI is InChI=1S/C22H19F2N3O2/c23-22(24)5-7-27(8-6-22)21(29)14-2-3-17-15(10-14)11-25-19(17)13-1-4-18-16(9-13)12-26-20(18)28/h1-4,9-10H,5-8,11-12H2,(H,26,28). The number of piperidine rings is 1. The summed E-state index contributed by atoms with van der Waals surface area (Å²) < 4.78 is 26.7. The van der Waals surface area contributed by atoms with Gasteiger partial charge in [0.1, 0.15) is 0 Å². The monoisotopic (exact) mass is 395 g/mol. The van der Waals surface area contributed by atoms with Crippen molar-refractivity contribution in [1.82, 2.24) is 10.2 Å². The lowest BCUT2D eigenvalue weighted by atomic mass is 9.95. The smallest absolute Gasteiger partial charge is 0.253 e. The first-order chi connectivity index (χ1) is 13.9. The SMILES string of the molecule is O=C1NCc2cc(C3=NCc4cc(C(=O)N5CCC(F)(F)CC5)ccc43)ccc21. The molecule has 1 fully saturated rings. The fourth-order valence-electron chi connectivity index (χ4n) is 4.18. The van der Waals surface area contributed by atoms with Crippen LogP contribution in [0.5, 0.6) is 0 Å². The quantitative estimate of drug-likeness (QED) is 0.849. The van der Waals surface area contributed by atoms with Crippen LogP contribution in [0.1, 0.15) is 55.8 Å². The van der Waals surface area contributed by atoms with E-state index in [0.717, 1.165) is 28.0 Å². The lowest BCUT2D eigenvalue weighted by Gasteiger charge is -2.31. The van der Waals surface area contributed by atoms with Crippen molar-refractivity contribution >= 4 is 17.5 Å². The van der Waals surface area contributed by atoms with Crippen molar-refractivity contribution in [1.29, 1.82) is 0 Å². The molecule has 0 radical (unpaired) electrons. The van der Waals surface area contributed by atoms with Crippen LogP contribution in [0.15, 0.2) is 41.4 Å². The van der Waals surface area contributed by atoms with E-state index in [1.807, 2.05) is 30.3 Å². The van der Waals surface area contributed by atoms with Crippen LogP contribution in [0.25, 0.3) is 0 Å². The van der Waals surface area contributed by atoms with E-state index in [2.05, 4.69) is 10.3 Å². The third-order valence-electron chi connectivity index (χ3n) is 5.86. The zero-order chi connectivity index (χ0) is 20.2. The lowest BCUT2D eigenvalue weighted by molar-refractivity contribution is -0.0494. The molecule has 0 atom stereocenters. The number of amides is 2. The largest absolute Gasteiger partial charge is 0.348 e. The number of halogens is 2. The van der Waals surface area contributed by atoms with Gasteiger partial charge in [-0.05, 0) is 35.4 Å². The molecule has 0 aromatic heterocycles. The van der Waals surface area contributed by atoms with Gasteiger partial charge >= 0.3 is 0 Å². The summed E-state index contributed by atoms with van der Waals surface area (Å²) in [5, 5.41) is 2.81. The molecule has 0 spiro atoms. The summed E-state index contributed by atoms with van der Waals surface area (Å²) in [6.07, 6.45) is -0.570. The summed E-state index contributed by atoms with van der Waals surface area (Å²) in [6.45, 7) is 1.14. The highest BCUT2D eigenvalue weighted by Crippen LogP contribution is 2.30. The summed E-state index contributed by atoms with van der Waals surface area (Å²) in [7, 11) is 0. The molecule has 1 saturated heterocycles. The van der Waals surface area contributed by atoms with E-state index in [0.29, 0.717) is 24.2 Å². The van der Waals surface area contributed by atoms with Crippen LogP contribution >= 0.6 is 0 Å². The molecule has 148 valence electrons. The lowest BCUT2D eigenvalue weighted by Crippen LogP contribution is -2.42. The molecule has 3 aliphatic heterocycles. The third-order valence-corrected chi connectivity index (χ3v) is 5.86. The first kappa shape index (κ1) is 18.0. The van der Waals surface area contributed by atoms with Crippen molar-refractivity contribution in [2.45, 2.75) is 31.9 Å². The molecule has 2 amide bonds. The second-order valence-corrected chi connectivity index (χ2v) is 7.74. The predicted octanol–water partition coefficient (Wildman–Crippen LogP) is 3.15. The van der Waals surface area contributed by atoms with Crippen molar-refractivity contribution in [3.05, 3.63) is 69.8 Å². The maximum Gasteiger partial charge on any atom is 0.253 e. The molecule has 3 heterocycles. The first-order valence-electron chi connectivity index (χ1n) is 9.68. The summed E-state index contributed by atoms with van der Waals surface area (Å²) in [5.41, 5.74) is 5.86. The number of nitrogens with one attached hydrogen (secondary N) is 1. The van der Waals surface area contributed by atoms with Crippen LogP contribution in [0, 0.1) is 0 Å². The number of hydrogen-bond donors (Lipinski definition) is 1. The Morgan fingerprint density at radius 3 is 2.59 bits per heavy atom. The summed E-state index contributed by atoms with van der Waals surface area (Å²) >= 11 is 0. The van der Waals surface area contributed by atoms with Gasteiger partial charge in [0.25, 0.3) is 17.7 Å². The van der Waals surface area contributed by atoms with E-state index >= 15 is 0 Å². The van der Waals surface area contributed by atoms with Gasteiger partial charge in [-0.3, -0.25) is 14.6 Å². The number of carbonyl (C=O) groups excluding carboxylic acids is 2. The van der Waals surface area contributed by atoms with Crippen molar-refractivity contribution in [2.75, 3.05) is 13.1 Å². The Labute approximate surface area is 166 Å². The highest BCUT2D eigenvalue weighted by Gasteiger charge is 2.36. The fourth-order valence-corrected chi connectivity index (χ4v) is 4.18. The molecular formula is C22H19F2N3O2. The molecule has 0 saturated carbocycles. The molecule has 2 aromatic carbocycles. The van der Waals surface area contributed by atoms with Gasteiger partial charge in [-0.25, -0.2) is 8.78 Å². The molecule has 2 aromatic rings. The van der Waals surface area contributed by atoms with E-state index in [1.54, 1.807) is 6.07 Å². The molecule has 7 heteroatoms. The number of hydrogen-bond acceptors (Lipinski definition) is 3. The Hall–Kier alpha value is -3.09. The number of carbonyl (C=O) groups is 2. The molecule has 5 nitrogen and oxygen atoms in total. The number of alkyl halides is 2. The van der Waals surface area contributed by atoms with Gasteiger partial charge in [0.2, 0.25) is 0 Å². The Kier molecular flexibility index (Phi) is 4.01. The number of likely N-dealkylation sites (tertiary alicyclic amines) is 1. The predicted molar refractivity (Wildman–Crippen MR) is 103 cm³/mol. The van der Waals surface area contributed by atoms with Crippen molar-refractivity contribution in [3.63, 3.8) is 0 Å². The van der Waals surface area contributed by atoms with Gasteiger partial charge in [0.15, 0.2) is 0 Å². The second kappa shape index (κ2) is 6.47. The zero-order valence-corrected chi connectivity index (χ0v) is 15.7. The van der Waals surface area contributed by atoms with Gasteiger partial charge in [-0.1, -0.05) is 12.1 Å². The van der Waals surface area contributed by atoms with E-state index < -0.39 is 5.92 Å². The highest BCUT2D eigenvalue weighted by molar-refractivity contribution is 6.16. The van der Waals surface area contributed by atoms with Crippen LogP contribution in [-0.2, 0) is 13.1 Å². The van der Waals surface area contributed by atoms with Gasteiger partial charge in [0, 0.05) is 54.7 Å². The topological polar surface area (TPSA) is 61.8 Å². The Morgan fingerprint density at radius 1 is 1.03 bits per heavy atom. The van der Waals surface area contributed by atoms with Crippen LogP contribution < -0.4 is 5.32 Å². The van der Waals surface area contributed by atoms with Gasteiger partial charge in [-0.2, -0.15) is 0 Å². The summed E-state index contributed by atoms with van der Waals surface area (Å²) in [6, 6.07) is 11.1. The molecule has 3 aliphatic rings. The van der Waals surface area contributed by atoms with Crippen molar-refractivity contribution in [2.24, 2.45) is 4.99 Å². The average molecular weight is 395 g/mol. The Balaban J connectivity index is 1.38. The number of nitrogens with zero attached hydrogens (tertiary/aromatic N) is 2. The summed E-state index contributed by atoms with van der Waals surface area (Å²) in [5.74, 6) is -2.94. The molecule has 0 unspecified atom stereocenters. The summed E-state index contributed by atoms with van der Waals surface area (Å²) in [4.78, 5) is 30.6. The highest BCUT2D eigenvalue weighted by atomic mass is 19.3. The minimum atomic E-state index is -2.67. The minimum absolute atomic E-state index is 0.0565. The van der Waals surface area contributed by atoms with E-state index in [-0.39, 0.29) is 37.7 Å². The maximum atomic E-state index is 13.4. The van der Waals surface area contributed by atoms with Crippen LogP contribution in [0.2, 0.25) is 0 Å². The van der Waals surface area contributed by atoms with E-state index in [9.17, 15) is 18.4 Å². The molecule has 1 N–H and O–H groups in total. The average Bonchev–Trinajstić information content (AvgIpc) is 3.30. The second-order valence-electron chi connectivity index (χ2n) is 7.74. The van der Waals surface area contributed by atoms with Gasteiger partial charge in [-0.15, -0.1) is 0 Å². The van der Waals surface area contributed by atoms with E-state index in [4.69, 9.17) is 0 Å². The molecular weight excluding hydrogens is 376 g/mol. The van der Waals surface area contributed by atoms with Crippen LogP contribution in [0.3, 0.4) is 0 Å². The van der Waals surface area contributed by atoms with Gasteiger partial charge < -0.3 is 10.2 Å². The number of benzene rings is 2. The molecule has 5 rings (SSSR count). The van der Waals surface area contributed by atoms with Crippen LogP contribution in [-0.4, -0.2) is 41.4 Å². The van der Waals surface area contributed by atoms with Crippen LogP contribution in [0.4, 0.5) is 8.78 Å². The minimum Gasteiger partial charge on any atom is -0.348 e. The van der Waals surface area contributed by atoms with Crippen molar-refractivity contribution < 1.29 is 18.4 Å². The number of rotatable bonds is 2. The Morgan fingerprint density at radius 2 is 1.79 bits per heavy atom. The number of fused-ring (bicyclic) bond motifs is 2. The zero-order valence-electron chi connectivity index (χ0n) is 15.7. The fraction of sp³-hybridized carbons (Fsp3) is 0.318. The molecule has 0 bridgehead atoms. The van der Waals surface area contributed by atoms with Gasteiger partial charge in [0.05, 0.1) is 12.3 Å². The maximum absolute atomic E-state index is 13.4. The molecule has 29 heavy (non-hydrogen) atoms. The molecule has 0 aliphatic carbocycles. The number of aliphatic imine (C=N–C) groups is 1.